The zero-order chi connectivity index (χ0) is 58.1. The molecule has 0 aliphatic carbocycles. The molecule has 1 aromatic carbocycles. The minimum Gasteiger partial charge on any atom is -0.445 e. The number of hydrogen-bond donors (Lipinski definition) is 7. The molecule has 0 radical (unpaired) electrons. The van der Waals surface area contributed by atoms with Crippen molar-refractivity contribution in [2.24, 2.45) is 17.4 Å². The van der Waals surface area contributed by atoms with Crippen molar-refractivity contribution in [3.8, 4) is 0 Å². The van der Waals surface area contributed by atoms with E-state index in [9.17, 15) is 33.6 Å². The molecule has 27 heteroatoms. The molecule has 2 atom stereocenters. The number of urea groups is 1. The maximum Gasteiger partial charge on any atom is 0.407 e. The van der Waals surface area contributed by atoms with E-state index in [1.54, 1.807) is 38.1 Å². The number of hydrogen-bond acceptors (Lipinski definition) is 20. The maximum absolute atomic E-state index is 13.5. The van der Waals surface area contributed by atoms with Gasteiger partial charge in [0.25, 0.3) is 11.8 Å². The predicted octanol–water partition coefficient (Wildman–Crippen LogP) is 0.552. The molecule has 0 aromatic heterocycles. The van der Waals surface area contributed by atoms with E-state index in [0.29, 0.717) is 182 Å². The summed E-state index contributed by atoms with van der Waals surface area (Å²) in [6.07, 6.45) is 3.96. The van der Waals surface area contributed by atoms with Crippen molar-refractivity contribution in [1.29, 1.82) is 0 Å². The molecule has 1 aromatic rings. The summed E-state index contributed by atoms with van der Waals surface area (Å²) < 4.78 is 65.3. The van der Waals surface area contributed by atoms with Crippen LogP contribution in [0, 0.1) is 5.92 Å². The number of nitrogens with zero attached hydrogens (tertiary/aromatic N) is 1. The van der Waals surface area contributed by atoms with Crippen LogP contribution in [-0.4, -0.2) is 230 Å². The third-order valence-corrected chi connectivity index (χ3v) is 11.1. The highest BCUT2D eigenvalue weighted by atomic mass is 16.6. The van der Waals surface area contributed by atoms with Gasteiger partial charge in [-0.2, -0.15) is 0 Å². The van der Waals surface area contributed by atoms with Gasteiger partial charge in [-0.3, -0.25) is 28.9 Å². The fraction of sp³-hybridized carbons (Fsp3) is 0.717. The number of amides is 8. The lowest BCUT2D eigenvalue weighted by Crippen LogP contribution is -2.54. The summed E-state index contributed by atoms with van der Waals surface area (Å²) in [5.74, 6) is -2.49. The quantitative estimate of drug-likeness (QED) is 0.0346. The van der Waals surface area contributed by atoms with Gasteiger partial charge in [0.2, 0.25) is 17.7 Å². The van der Waals surface area contributed by atoms with Crippen LogP contribution in [0.2, 0.25) is 0 Å². The van der Waals surface area contributed by atoms with Crippen molar-refractivity contribution in [2.45, 2.75) is 71.1 Å². The number of benzene rings is 1. The molecule has 2 rings (SSSR count). The van der Waals surface area contributed by atoms with Crippen molar-refractivity contribution in [3.63, 3.8) is 0 Å². The average molecular weight is 1140 g/mol. The van der Waals surface area contributed by atoms with Crippen LogP contribution < -0.4 is 38.1 Å². The highest BCUT2D eigenvalue weighted by Gasteiger charge is 2.29. The Hall–Kier alpha value is -5.43. The first-order valence-corrected chi connectivity index (χ1v) is 27.4. The number of nitrogens with one attached hydrogen (secondary N) is 5. The first-order chi connectivity index (χ1) is 38.9. The average Bonchev–Trinajstić information content (AvgIpc) is 3.76. The van der Waals surface area contributed by atoms with Crippen LogP contribution in [0.3, 0.4) is 0 Å². The maximum atomic E-state index is 13.5. The van der Waals surface area contributed by atoms with Gasteiger partial charge in [-0.1, -0.05) is 32.4 Å². The zero-order valence-corrected chi connectivity index (χ0v) is 46.9. The van der Waals surface area contributed by atoms with Gasteiger partial charge in [0, 0.05) is 50.4 Å². The standard InChI is InChI=1S/C53H90N8O19/c1-42(2)49(60-46(62)8-4-3-5-18-61-47(63)13-14-48(61)64)51(66)59-45(7-6-16-56-52(55)67)50(65)58-44-11-9-43(10-12-44)41-80-53(68)57-17-20-70-22-24-72-26-28-74-30-32-76-34-36-78-38-40-79-39-37-77-35-33-75-31-29-73-27-25-71-23-21-69-19-15-54/h9-14,42,45,49H,3-8,15-41,54H2,1-2H3,(H,57,68)(H,58,65)(H,59,66)(H,60,62)(H3,55,56,67)/t45-,49-/m0/s1. The van der Waals surface area contributed by atoms with E-state index in [4.69, 9.17) is 68.3 Å². The van der Waals surface area contributed by atoms with E-state index >= 15 is 0 Å². The van der Waals surface area contributed by atoms with Gasteiger partial charge in [-0.05, 0) is 49.3 Å². The lowest BCUT2D eigenvalue weighted by Gasteiger charge is -2.25. The topological polar surface area (TPSA) is 346 Å². The number of primary amides is 1. The smallest absolute Gasteiger partial charge is 0.407 e. The van der Waals surface area contributed by atoms with Crippen molar-refractivity contribution < 1.29 is 90.4 Å². The SMILES string of the molecule is CC(C)[C@H](NC(=O)CCCCCN1C(=O)C=CC1=O)C(=O)N[C@@H](CCCNC(N)=O)C(=O)Nc1ccc(COC(=O)NCCOCCOCCOCCOCCOCCOCCOCCOCCOCCOCCOCCN)cc1. The van der Waals surface area contributed by atoms with Crippen molar-refractivity contribution in [3.05, 3.63) is 42.0 Å². The van der Waals surface area contributed by atoms with Gasteiger partial charge in [0.15, 0.2) is 0 Å². The van der Waals surface area contributed by atoms with Gasteiger partial charge in [0.1, 0.15) is 18.7 Å². The summed E-state index contributed by atoms with van der Waals surface area (Å²) in [4.78, 5) is 88.0. The van der Waals surface area contributed by atoms with E-state index in [1.165, 1.54) is 12.2 Å². The van der Waals surface area contributed by atoms with E-state index in [1.807, 2.05) is 0 Å². The van der Waals surface area contributed by atoms with Crippen LogP contribution in [-0.2, 0) is 87.4 Å². The van der Waals surface area contributed by atoms with Crippen molar-refractivity contribution in [1.82, 2.24) is 26.2 Å². The molecule has 80 heavy (non-hydrogen) atoms. The Bertz CT molecular complexity index is 1850. The third kappa shape index (κ3) is 38.3. The number of ether oxygens (including phenoxy) is 12. The summed E-state index contributed by atoms with van der Waals surface area (Å²) in [7, 11) is 0. The van der Waals surface area contributed by atoms with Crippen LogP contribution >= 0.6 is 0 Å². The van der Waals surface area contributed by atoms with E-state index in [2.05, 4.69) is 26.6 Å². The molecule has 0 saturated heterocycles. The Morgan fingerprint density at radius 1 is 0.525 bits per heavy atom. The Kier molecular flexibility index (Phi) is 42.7. The molecule has 1 heterocycles. The molecule has 0 saturated carbocycles. The van der Waals surface area contributed by atoms with Crippen LogP contribution in [0.4, 0.5) is 15.3 Å². The highest BCUT2D eigenvalue weighted by molar-refractivity contribution is 6.12. The monoisotopic (exact) mass is 1140 g/mol. The fourth-order valence-corrected chi connectivity index (χ4v) is 6.94. The van der Waals surface area contributed by atoms with Gasteiger partial charge in [0.05, 0.1) is 145 Å². The molecule has 0 fully saturated rings. The number of imide groups is 1. The van der Waals surface area contributed by atoms with Gasteiger partial charge >= 0.3 is 12.1 Å². The Labute approximate surface area is 470 Å². The predicted molar refractivity (Wildman–Crippen MR) is 291 cm³/mol. The van der Waals surface area contributed by atoms with Crippen molar-refractivity contribution in [2.75, 3.05) is 177 Å². The molecule has 8 amide bonds. The Balaban J connectivity index is 1.45. The van der Waals surface area contributed by atoms with Crippen LogP contribution in [0.1, 0.15) is 57.9 Å². The minimum atomic E-state index is -1.04. The number of rotatable bonds is 53. The number of carbonyl (C=O) groups excluding carboxylic acids is 7. The molecular weight excluding hydrogens is 1050 g/mol. The van der Waals surface area contributed by atoms with E-state index in [-0.39, 0.29) is 69.3 Å². The molecule has 0 unspecified atom stereocenters. The number of carbonyl (C=O) groups is 7. The molecule has 1 aliphatic rings. The third-order valence-electron chi connectivity index (χ3n) is 11.1. The number of anilines is 1. The molecule has 27 nitrogen and oxygen atoms in total. The largest absolute Gasteiger partial charge is 0.445 e. The van der Waals surface area contributed by atoms with Crippen molar-refractivity contribution >= 4 is 47.3 Å². The molecule has 456 valence electrons. The second kappa shape index (κ2) is 48.3. The van der Waals surface area contributed by atoms with Gasteiger partial charge < -0.3 is 94.9 Å². The van der Waals surface area contributed by atoms with E-state index < -0.39 is 36.0 Å². The van der Waals surface area contributed by atoms with Crippen LogP contribution in [0.25, 0.3) is 0 Å². The van der Waals surface area contributed by atoms with Gasteiger partial charge in [-0.15, -0.1) is 0 Å². The molecule has 0 spiro atoms. The molecule has 1 aliphatic heterocycles. The number of alkyl carbamates (subject to hydrolysis) is 1. The van der Waals surface area contributed by atoms with Crippen LogP contribution in [0.15, 0.2) is 36.4 Å². The zero-order valence-electron chi connectivity index (χ0n) is 46.9. The molecule has 0 bridgehead atoms. The fourth-order valence-electron chi connectivity index (χ4n) is 6.94. The van der Waals surface area contributed by atoms with Gasteiger partial charge in [-0.25, -0.2) is 9.59 Å². The summed E-state index contributed by atoms with van der Waals surface area (Å²) in [5, 5.41) is 13.4. The first-order valence-electron chi connectivity index (χ1n) is 27.4. The summed E-state index contributed by atoms with van der Waals surface area (Å²) >= 11 is 0. The van der Waals surface area contributed by atoms with E-state index in [0.717, 1.165) is 4.90 Å². The normalized spacial score (nSPS) is 12.9. The summed E-state index contributed by atoms with van der Waals surface area (Å²) in [6.45, 7) is 14.5. The number of unbranched alkanes of at least 4 members (excludes halogenated alkanes) is 2. The number of nitrogens with two attached hydrogens (primary N) is 2. The Morgan fingerprint density at radius 2 is 0.975 bits per heavy atom. The minimum absolute atomic E-state index is 0.0410. The Morgan fingerprint density at radius 3 is 1.41 bits per heavy atom. The molecular formula is C53H90N8O19. The summed E-state index contributed by atoms with van der Waals surface area (Å²) in [6, 6.07) is 3.86. The summed E-state index contributed by atoms with van der Waals surface area (Å²) in [5.41, 5.74) is 11.6. The second-order valence-corrected chi connectivity index (χ2v) is 18.0. The lowest BCUT2D eigenvalue weighted by molar-refractivity contribution is -0.137. The first kappa shape index (κ1) is 70.7. The highest BCUT2D eigenvalue weighted by Crippen LogP contribution is 2.14. The molecule has 9 N–H and O–H groups in total. The van der Waals surface area contributed by atoms with Crippen LogP contribution in [0.5, 0.6) is 0 Å². The second-order valence-electron chi connectivity index (χ2n) is 18.0. The lowest BCUT2D eigenvalue weighted by atomic mass is 10.0.